The van der Waals surface area contributed by atoms with E-state index < -0.39 is 6.04 Å². The van der Waals surface area contributed by atoms with Crippen LogP contribution in [0.5, 0.6) is 5.75 Å². The fraction of sp³-hybridized carbons (Fsp3) is 0.364. The lowest BCUT2D eigenvalue weighted by Gasteiger charge is -2.27. The highest BCUT2D eigenvalue weighted by Crippen LogP contribution is 2.14. The molecular weight excluding hydrogens is 373 g/mol. The smallest absolute Gasteiger partial charge is 0.280 e. The number of rotatable bonds is 9. The maximum atomic E-state index is 13.4. The summed E-state index contributed by atoms with van der Waals surface area (Å²) in [5.74, 6) is 0.125. The minimum Gasteiger partial charge on any atom is -0.497 e. The second-order valence-corrected chi connectivity index (χ2v) is 7.01. The van der Waals surface area contributed by atoms with Crippen molar-refractivity contribution in [3.8, 4) is 5.75 Å². The highest BCUT2D eigenvalue weighted by atomic mass is 19.1. The molecule has 2 rings (SSSR count). The van der Waals surface area contributed by atoms with Gasteiger partial charge in [-0.1, -0.05) is 12.1 Å². The average Bonchev–Trinajstić information content (AvgIpc) is 2.71. The Kier molecular flexibility index (Phi) is 8.15. The van der Waals surface area contributed by atoms with Crippen molar-refractivity contribution in [3.63, 3.8) is 0 Å². The minimum atomic E-state index is -0.403. The molecule has 0 fully saturated rings. The number of methoxy groups -OCH3 is 1. The highest BCUT2D eigenvalue weighted by molar-refractivity contribution is 5.91. The molecule has 2 N–H and O–H groups in total. The van der Waals surface area contributed by atoms with E-state index in [1.807, 2.05) is 13.8 Å². The number of anilines is 1. The van der Waals surface area contributed by atoms with Crippen LogP contribution in [-0.4, -0.2) is 50.0 Å². The summed E-state index contributed by atoms with van der Waals surface area (Å²) in [6.07, 6.45) is 0. The lowest BCUT2D eigenvalue weighted by atomic mass is 10.2. The van der Waals surface area contributed by atoms with Crippen molar-refractivity contribution >= 4 is 17.5 Å². The summed E-state index contributed by atoms with van der Waals surface area (Å²) in [6, 6.07) is 12.9. The number of likely N-dealkylation sites (N-methyl/N-ethyl adjacent to an activating group) is 2. The predicted octanol–water partition coefficient (Wildman–Crippen LogP) is 1.72. The van der Waals surface area contributed by atoms with Crippen LogP contribution in [0.15, 0.2) is 48.5 Å². The fourth-order valence-electron chi connectivity index (χ4n) is 3.16. The third-order valence-electron chi connectivity index (χ3n) is 4.88. The Hall–Kier alpha value is -2.93. The van der Waals surface area contributed by atoms with Crippen LogP contribution in [0.3, 0.4) is 0 Å². The normalized spacial score (nSPS) is 12.7. The summed E-state index contributed by atoms with van der Waals surface area (Å²) in [5, 5.41) is 2.85. The number of halogens is 1. The molecule has 6 nitrogen and oxygen atoms in total. The quantitative estimate of drug-likeness (QED) is 0.672. The fourth-order valence-corrected chi connectivity index (χ4v) is 3.16. The molecule has 2 atom stereocenters. The summed E-state index contributed by atoms with van der Waals surface area (Å²) >= 11 is 0. The molecule has 2 amide bonds. The second kappa shape index (κ2) is 10.6. The molecule has 0 aliphatic carbocycles. The monoisotopic (exact) mass is 402 g/mol. The van der Waals surface area contributed by atoms with Crippen LogP contribution in [0.1, 0.15) is 19.4 Å². The highest BCUT2D eigenvalue weighted by Gasteiger charge is 2.28. The van der Waals surface area contributed by atoms with Gasteiger partial charge >= 0.3 is 0 Å². The van der Waals surface area contributed by atoms with Crippen LogP contribution in [0, 0.1) is 5.82 Å². The predicted molar refractivity (Wildman–Crippen MR) is 110 cm³/mol. The topological polar surface area (TPSA) is 63.1 Å². The van der Waals surface area contributed by atoms with Crippen molar-refractivity contribution in [1.82, 2.24) is 4.90 Å². The molecule has 0 aromatic heterocycles. The summed E-state index contributed by atoms with van der Waals surface area (Å²) in [4.78, 5) is 27.7. The first-order valence-electron chi connectivity index (χ1n) is 9.62. The van der Waals surface area contributed by atoms with Gasteiger partial charge in [0.25, 0.3) is 11.8 Å². The average molecular weight is 402 g/mol. The van der Waals surface area contributed by atoms with E-state index in [4.69, 9.17) is 4.74 Å². The second-order valence-electron chi connectivity index (χ2n) is 7.01. The molecule has 2 aromatic rings. The molecule has 156 valence electrons. The number of carbonyl (C=O) groups is 2. The molecule has 0 aliphatic rings. The first kappa shape index (κ1) is 22.4. The van der Waals surface area contributed by atoms with Gasteiger partial charge < -0.3 is 19.9 Å². The van der Waals surface area contributed by atoms with Crippen molar-refractivity contribution in [2.45, 2.75) is 26.4 Å². The van der Waals surface area contributed by atoms with E-state index in [-0.39, 0.29) is 24.2 Å². The maximum absolute atomic E-state index is 13.4. The van der Waals surface area contributed by atoms with Crippen LogP contribution in [0.4, 0.5) is 10.1 Å². The molecule has 0 saturated carbocycles. The van der Waals surface area contributed by atoms with Gasteiger partial charge in [0.1, 0.15) is 11.6 Å². The maximum Gasteiger partial charge on any atom is 0.280 e. The Labute approximate surface area is 171 Å². The Morgan fingerprint density at radius 3 is 2.48 bits per heavy atom. The number of hydrogen-bond acceptors (Lipinski definition) is 3. The first-order valence-corrected chi connectivity index (χ1v) is 9.62. The summed E-state index contributed by atoms with van der Waals surface area (Å²) in [5.41, 5.74) is 1.40. The summed E-state index contributed by atoms with van der Waals surface area (Å²) in [7, 11) is 3.27. The van der Waals surface area contributed by atoms with Crippen LogP contribution in [-0.2, 0) is 16.1 Å². The van der Waals surface area contributed by atoms with E-state index in [1.165, 1.54) is 12.1 Å². The number of hydrogen-bond donors (Lipinski definition) is 2. The van der Waals surface area contributed by atoms with E-state index in [2.05, 4.69) is 5.32 Å². The molecule has 0 saturated heterocycles. The van der Waals surface area contributed by atoms with Crippen LogP contribution in [0.25, 0.3) is 0 Å². The third-order valence-corrected chi connectivity index (χ3v) is 4.88. The summed E-state index contributed by atoms with van der Waals surface area (Å²) < 4.78 is 18.5. The van der Waals surface area contributed by atoms with Gasteiger partial charge in [0.15, 0.2) is 12.6 Å². The number of nitrogens with zero attached hydrogens (tertiary/aromatic N) is 1. The molecule has 29 heavy (non-hydrogen) atoms. The van der Waals surface area contributed by atoms with Gasteiger partial charge in [-0.15, -0.1) is 0 Å². The molecule has 7 heteroatoms. The van der Waals surface area contributed by atoms with E-state index in [0.29, 0.717) is 24.5 Å². The first-order chi connectivity index (χ1) is 13.8. The SMILES string of the molecule is CC[NH+](CC(=O)Nc1ccc(OC)cc1)[C@@H](C)C(=O)N(C)Cc1cccc(F)c1. The summed E-state index contributed by atoms with van der Waals surface area (Å²) in [6.45, 7) is 4.85. The Balaban J connectivity index is 1.94. The van der Waals surface area contributed by atoms with Gasteiger partial charge in [-0.3, -0.25) is 9.59 Å². The zero-order chi connectivity index (χ0) is 21.4. The molecule has 0 aliphatic heterocycles. The van der Waals surface area contributed by atoms with Crippen LogP contribution >= 0.6 is 0 Å². The number of amides is 2. The number of carbonyl (C=O) groups excluding carboxylic acids is 2. The largest absolute Gasteiger partial charge is 0.497 e. The zero-order valence-electron chi connectivity index (χ0n) is 17.4. The van der Waals surface area contributed by atoms with Gasteiger partial charge in [0.2, 0.25) is 0 Å². The van der Waals surface area contributed by atoms with Crippen molar-refractivity contribution in [1.29, 1.82) is 0 Å². The molecule has 0 radical (unpaired) electrons. The van der Waals surface area contributed by atoms with Gasteiger partial charge in [-0.2, -0.15) is 0 Å². The number of ether oxygens (including phenoxy) is 1. The molecule has 0 bridgehead atoms. The number of nitrogens with one attached hydrogen (secondary N) is 2. The van der Waals surface area contributed by atoms with Crippen molar-refractivity contribution in [2.75, 3.05) is 32.6 Å². The molecule has 0 heterocycles. The van der Waals surface area contributed by atoms with Crippen LogP contribution in [0.2, 0.25) is 0 Å². The molecule has 2 aromatic carbocycles. The molecular formula is C22H29FN3O3+. The van der Waals surface area contributed by atoms with Gasteiger partial charge in [-0.05, 0) is 55.8 Å². The molecule has 1 unspecified atom stereocenters. The van der Waals surface area contributed by atoms with E-state index in [9.17, 15) is 14.0 Å². The standard InChI is InChI=1S/C22H28FN3O3/c1-5-26(15-21(27)24-19-9-11-20(29-4)12-10-19)16(2)22(28)25(3)14-17-7-6-8-18(23)13-17/h6-13,16H,5,14-15H2,1-4H3,(H,24,27)/p+1/t16-/m0/s1. The Morgan fingerprint density at radius 2 is 1.90 bits per heavy atom. The Bertz CT molecular complexity index is 826. The Morgan fingerprint density at radius 1 is 1.21 bits per heavy atom. The van der Waals surface area contributed by atoms with Gasteiger partial charge in [-0.25, -0.2) is 4.39 Å². The molecule has 0 spiro atoms. The zero-order valence-corrected chi connectivity index (χ0v) is 17.4. The van der Waals surface area contributed by atoms with Crippen molar-refractivity contribution < 1.29 is 23.6 Å². The van der Waals surface area contributed by atoms with Crippen molar-refractivity contribution in [3.05, 3.63) is 59.9 Å². The number of benzene rings is 2. The van der Waals surface area contributed by atoms with E-state index >= 15 is 0 Å². The van der Waals surface area contributed by atoms with Crippen LogP contribution < -0.4 is 15.0 Å². The lowest BCUT2D eigenvalue weighted by Crippen LogP contribution is -3.17. The van der Waals surface area contributed by atoms with Gasteiger partial charge in [0, 0.05) is 19.3 Å². The third kappa shape index (κ3) is 6.57. The minimum absolute atomic E-state index is 0.0941. The van der Waals surface area contributed by atoms with Crippen molar-refractivity contribution in [2.24, 2.45) is 0 Å². The van der Waals surface area contributed by atoms with Gasteiger partial charge in [0.05, 0.1) is 13.7 Å². The lowest BCUT2D eigenvalue weighted by molar-refractivity contribution is -0.904. The number of quaternary nitrogens is 1. The van der Waals surface area contributed by atoms with E-state index in [1.54, 1.807) is 55.5 Å². The van der Waals surface area contributed by atoms with E-state index in [0.717, 1.165) is 10.5 Å².